The maximum Gasteiger partial charge on any atom is 0.220 e. The number of amides is 1. The SMILES string of the molecule is CCOc1ccc(C2CNCCN2C(C)=O)cc1. The predicted octanol–water partition coefficient (Wildman–Crippen LogP) is 1.58. The molecule has 0 bridgehead atoms. The van der Waals surface area contributed by atoms with E-state index in [1.54, 1.807) is 6.92 Å². The molecule has 1 atom stereocenters. The molecule has 4 heteroatoms. The van der Waals surface area contributed by atoms with Gasteiger partial charge in [-0.3, -0.25) is 4.79 Å². The van der Waals surface area contributed by atoms with Gasteiger partial charge in [-0.05, 0) is 24.6 Å². The van der Waals surface area contributed by atoms with Crippen LogP contribution in [0.3, 0.4) is 0 Å². The van der Waals surface area contributed by atoms with Gasteiger partial charge in [-0.1, -0.05) is 12.1 Å². The van der Waals surface area contributed by atoms with Gasteiger partial charge in [-0.15, -0.1) is 0 Å². The number of ether oxygens (including phenoxy) is 1. The third kappa shape index (κ3) is 2.82. The Hall–Kier alpha value is -1.55. The Morgan fingerprint density at radius 3 is 2.78 bits per heavy atom. The van der Waals surface area contributed by atoms with E-state index in [0.29, 0.717) is 6.61 Å². The predicted molar refractivity (Wildman–Crippen MR) is 70.6 cm³/mol. The van der Waals surface area contributed by atoms with Gasteiger partial charge >= 0.3 is 0 Å². The molecule has 98 valence electrons. The van der Waals surface area contributed by atoms with Gasteiger partial charge in [-0.25, -0.2) is 0 Å². The number of carbonyl (C=O) groups is 1. The highest BCUT2D eigenvalue weighted by Gasteiger charge is 2.25. The van der Waals surface area contributed by atoms with Crippen LogP contribution >= 0.6 is 0 Å². The summed E-state index contributed by atoms with van der Waals surface area (Å²) in [6.07, 6.45) is 0. The topological polar surface area (TPSA) is 41.6 Å². The van der Waals surface area contributed by atoms with Crippen molar-refractivity contribution in [2.75, 3.05) is 26.2 Å². The lowest BCUT2D eigenvalue weighted by Crippen LogP contribution is -2.47. The quantitative estimate of drug-likeness (QED) is 0.883. The Morgan fingerprint density at radius 2 is 2.17 bits per heavy atom. The van der Waals surface area contributed by atoms with Gasteiger partial charge in [0.15, 0.2) is 0 Å². The van der Waals surface area contributed by atoms with Crippen LogP contribution in [0, 0.1) is 0 Å². The van der Waals surface area contributed by atoms with Crippen molar-refractivity contribution in [2.45, 2.75) is 19.9 Å². The summed E-state index contributed by atoms with van der Waals surface area (Å²) in [7, 11) is 0. The molecule has 1 N–H and O–H groups in total. The number of nitrogens with zero attached hydrogens (tertiary/aromatic N) is 1. The zero-order valence-electron chi connectivity index (χ0n) is 11.0. The standard InChI is InChI=1S/C14H20N2O2/c1-3-18-13-6-4-12(5-7-13)14-10-15-8-9-16(14)11(2)17/h4-7,14-15H,3,8-10H2,1-2H3. The van der Waals surface area contributed by atoms with Crippen molar-refractivity contribution in [3.63, 3.8) is 0 Å². The Morgan fingerprint density at radius 1 is 1.44 bits per heavy atom. The number of nitrogens with one attached hydrogen (secondary N) is 1. The highest BCUT2D eigenvalue weighted by Crippen LogP contribution is 2.24. The Balaban J connectivity index is 2.15. The summed E-state index contributed by atoms with van der Waals surface area (Å²) in [5, 5.41) is 3.33. The molecule has 0 aliphatic carbocycles. The molecule has 1 aromatic carbocycles. The average Bonchev–Trinajstić information content (AvgIpc) is 2.40. The minimum Gasteiger partial charge on any atom is -0.494 e. The van der Waals surface area contributed by atoms with E-state index < -0.39 is 0 Å². The zero-order valence-corrected chi connectivity index (χ0v) is 11.0. The normalized spacial score (nSPS) is 19.7. The fourth-order valence-electron chi connectivity index (χ4n) is 2.33. The largest absolute Gasteiger partial charge is 0.494 e. The van der Waals surface area contributed by atoms with Crippen LogP contribution in [-0.4, -0.2) is 37.0 Å². The van der Waals surface area contributed by atoms with Gasteiger partial charge in [-0.2, -0.15) is 0 Å². The van der Waals surface area contributed by atoms with Crippen LogP contribution < -0.4 is 10.1 Å². The van der Waals surface area contributed by atoms with E-state index in [2.05, 4.69) is 5.32 Å². The second-order valence-electron chi connectivity index (χ2n) is 4.43. The minimum atomic E-state index is 0.131. The molecule has 0 saturated carbocycles. The number of carbonyl (C=O) groups excluding carboxylic acids is 1. The van der Waals surface area contributed by atoms with Gasteiger partial charge < -0.3 is 15.0 Å². The summed E-state index contributed by atoms with van der Waals surface area (Å²) in [5.74, 6) is 1.01. The number of benzene rings is 1. The molecular formula is C14H20N2O2. The fourth-order valence-corrected chi connectivity index (χ4v) is 2.33. The van der Waals surface area contributed by atoms with Crippen LogP contribution in [0.15, 0.2) is 24.3 Å². The van der Waals surface area contributed by atoms with Crippen LogP contribution in [0.5, 0.6) is 5.75 Å². The fraction of sp³-hybridized carbons (Fsp3) is 0.500. The van der Waals surface area contributed by atoms with Crippen molar-refractivity contribution in [2.24, 2.45) is 0 Å². The van der Waals surface area contributed by atoms with Crippen molar-refractivity contribution in [1.82, 2.24) is 10.2 Å². The first-order chi connectivity index (χ1) is 8.72. The summed E-state index contributed by atoms with van der Waals surface area (Å²) < 4.78 is 5.43. The van der Waals surface area contributed by atoms with Gasteiger partial charge in [0.1, 0.15) is 5.75 Å². The molecule has 1 aliphatic rings. The molecule has 0 aromatic heterocycles. The van der Waals surface area contributed by atoms with Crippen LogP contribution in [0.1, 0.15) is 25.5 Å². The summed E-state index contributed by atoms with van der Waals surface area (Å²) in [6.45, 7) is 6.72. The summed E-state index contributed by atoms with van der Waals surface area (Å²) in [6, 6.07) is 8.14. The van der Waals surface area contributed by atoms with E-state index in [9.17, 15) is 4.79 Å². The zero-order chi connectivity index (χ0) is 13.0. The average molecular weight is 248 g/mol. The third-order valence-corrected chi connectivity index (χ3v) is 3.22. The number of hydrogen-bond donors (Lipinski definition) is 1. The van der Waals surface area contributed by atoms with Gasteiger partial charge in [0.05, 0.1) is 12.6 Å². The number of rotatable bonds is 3. The Bertz CT molecular complexity index is 403. The van der Waals surface area contributed by atoms with Crippen LogP contribution in [0.4, 0.5) is 0 Å². The van der Waals surface area contributed by atoms with E-state index in [1.807, 2.05) is 36.1 Å². The molecule has 4 nitrogen and oxygen atoms in total. The van der Waals surface area contributed by atoms with Gasteiger partial charge in [0, 0.05) is 26.6 Å². The number of piperazine rings is 1. The molecule has 1 heterocycles. The molecule has 1 fully saturated rings. The highest BCUT2D eigenvalue weighted by atomic mass is 16.5. The lowest BCUT2D eigenvalue weighted by molar-refractivity contribution is -0.132. The van der Waals surface area contributed by atoms with Crippen molar-refractivity contribution < 1.29 is 9.53 Å². The van der Waals surface area contributed by atoms with Crippen LogP contribution in [-0.2, 0) is 4.79 Å². The molecule has 2 rings (SSSR count). The molecule has 1 aromatic rings. The second-order valence-corrected chi connectivity index (χ2v) is 4.43. The van der Waals surface area contributed by atoms with E-state index in [-0.39, 0.29) is 11.9 Å². The van der Waals surface area contributed by atoms with Gasteiger partial charge in [0.2, 0.25) is 5.91 Å². The van der Waals surface area contributed by atoms with Crippen molar-refractivity contribution >= 4 is 5.91 Å². The molecule has 1 amide bonds. The monoisotopic (exact) mass is 248 g/mol. The second kappa shape index (κ2) is 5.87. The lowest BCUT2D eigenvalue weighted by Gasteiger charge is -2.36. The molecule has 0 radical (unpaired) electrons. The van der Waals surface area contributed by atoms with Crippen LogP contribution in [0.2, 0.25) is 0 Å². The minimum absolute atomic E-state index is 0.131. The van der Waals surface area contributed by atoms with Crippen molar-refractivity contribution in [3.05, 3.63) is 29.8 Å². The van der Waals surface area contributed by atoms with Crippen molar-refractivity contribution in [1.29, 1.82) is 0 Å². The third-order valence-electron chi connectivity index (χ3n) is 3.22. The lowest BCUT2D eigenvalue weighted by atomic mass is 10.0. The van der Waals surface area contributed by atoms with Crippen molar-refractivity contribution in [3.8, 4) is 5.75 Å². The van der Waals surface area contributed by atoms with Crippen LogP contribution in [0.25, 0.3) is 0 Å². The van der Waals surface area contributed by atoms with E-state index in [1.165, 1.54) is 0 Å². The number of hydrogen-bond acceptors (Lipinski definition) is 3. The molecule has 0 spiro atoms. The Labute approximate surface area is 108 Å². The molecule has 1 aliphatic heterocycles. The summed E-state index contributed by atoms with van der Waals surface area (Å²) >= 11 is 0. The molecule has 1 unspecified atom stereocenters. The first-order valence-corrected chi connectivity index (χ1v) is 6.43. The first kappa shape index (κ1) is 12.9. The van der Waals surface area contributed by atoms with E-state index in [4.69, 9.17) is 4.74 Å². The smallest absolute Gasteiger partial charge is 0.220 e. The molecule has 18 heavy (non-hydrogen) atoms. The molecular weight excluding hydrogens is 228 g/mol. The summed E-state index contributed by atoms with van der Waals surface area (Å²) in [5.41, 5.74) is 1.15. The maximum atomic E-state index is 11.6. The van der Waals surface area contributed by atoms with Gasteiger partial charge in [0.25, 0.3) is 0 Å². The van der Waals surface area contributed by atoms with E-state index in [0.717, 1.165) is 30.9 Å². The van der Waals surface area contributed by atoms with E-state index >= 15 is 0 Å². The molecule has 1 saturated heterocycles. The summed E-state index contributed by atoms with van der Waals surface area (Å²) in [4.78, 5) is 13.5. The highest BCUT2D eigenvalue weighted by molar-refractivity contribution is 5.74. The Kier molecular flexibility index (Phi) is 4.20. The first-order valence-electron chi connectivity index (χ1n) is 6.43. The maximum absolute atomic E-state index is 11.6.